The lowest BCUT2D eigenvalue weighted by Gasteiger charge is -2.29. The van der Waals surface area contributed by atoms with E-state index in [9.17, 15) is 18.8 Å². The summed E-state index contributed by atoms with van der Waals surface area (Å²) in [7, 11) is 0. The van der Waals surface area contributed by atoms with Gasteiger partial charge in [-0.1, -0.05) is 13.8 Å². The molecule has 4 rings (SSSR count). The number of hydrogen-bond donors (Lipinski definition) is 3. The van der Waals surface area contributed by atoms with E-state index in [2.05, 4.69) is 34.4 Å². The average Bonchev–Trinajstić information content (AvgIpc) is 3.27. The van der Waals surface area contributed by atoms with E-state index in [-0.39, 0.29) is 17.5 Å². The number of H-pyrrole nitrogens is 1. The molecular formula is C24H28FN5O3. The molecular weight excluding hydrogens is 425 g/mol. The molecule has 8 nitrogen and oxygen atoms in total. The highest BCUT2D eigenvalue weighted by Gasteiger charge is 2.31. The second kappa shape index (κ2) is 9.19. The molecule has 0 spiro atoms. The lowest BCUT2D eigenvalue weighted by Crippen LogP contribution is -2.42. The van der Waals surface area contributed by atoms with Gasteiger partial charge >= 0.3 is 0 Å². The number of carbonyl (C=O) groups is 3. The number of fused-ring (bicyclic) bond motifs is 2. The molecule has 0 unspecified atom stereocenters. The molecule has 174 valence electrons. The molecule has 2 aliphatic rings. The molecule has 0 radical (unpaired) electrons. The molecule has 0 saturated carbocycles. The number of rotatable bonds is 8. The maximum atomic E-state index is 14.4. The summed E-state index contributed by atoms with van der Waals surface area (Å²) in [6.07, 6.45) is 2.75. The smallest absolute Gasteiger partial charge is 0.256 e. The van der Waals surface area contributed by atoms with Crippen LogP contribution in [0.4, 0.5) is 15.8 Å². The Kier molecular flexibility index (Phi) is 6.33. The van der Waals surface area contributed by atoms with Crippen LogP contribution < -0.4 is 10.6 Å². The summed E-state index contributed by atoms with van der Waals surface area (Å²) >= 11 is 0. The molecule has 3 N–H and O–H groups in total. The first-order valence-electron chi connectivity index (χ1n) is 11.2. The van der Waals surface area contributed by atoms with E-state index < -0.39 is 5.82 Å². The number of amides is 3. The maximum absolute atomic E-state index is 14.4. The number of aromatic nitrogens is 1. The largest absolute Gasteiger partial charge is 0.358 e. The van der Waals surface area contributed by atoms with Crippen molar-refractivity contribution < 1.29 is 18.8 Å². The highest BCUT2D eigenvalue weighted by atomic mass is 19.1. The monoisotopic (exact) mass is 453 g/mol. The van der Waals surface area contributed by atoms with Gasteiger partial charge in [0.25, 0.3) is 11.8 Å². The predicted molar refractivity (Wildman–Crippen MR) is 126 cm³/mol. The zero-order valence-corrected chi connectivity index (χ0v) is 19.0. The Morgan fingerprint density at radius 1 is 1.24 bits per heavy atom. The lowest BCUT2D eigenvalue weighted by molar-refractivity contribution is -0.110. The number of benzene rings is 1. The molecule has 2 aliphatic heterocycles. The van der Waals surface area contributed by atoms with Gasteiger partial charge in [0, 0.05) is 43.0 Å². The Balaban J connectivity index is 1.63. The fourth-order valence-corrected chi connectivity index (χ4v) is 4.50. The molecule has 3 heterocycles. The number of anilines is 2. The summed E-state index contributed by atoms with van der Waals surface area (Å²) in [5.74, 6) is -1.01. The van der Waals surface area contributed by atoms with Crippen molar-refractivity contribution >= 4 is 41.2 Å². The second-order valence-electron chi connectivity index (χ2n) is 8.24. The number of carbonyl (C=O) groups excluding carboxylic acids is 3. The van der Waals surface area contributed by atoms with E-state index in [1.54, 1.807) is 6.08 Å². The number of hydrogen-bond acceptors (Lipinski definition) is 4. The maximum Gasteiger partial charge on any atom is 0.256 e. The van der Waals surface area contributed by atoms with Gasteiger partial charge in [0.15, 0.2) is 0 Å². The summed E-state index contributed by atoms with van der Waals surface area (Å²) in [4.78, 5) is 43.9. The third-order valence-corrected chi connectivity index (χ3v) is 6.47. The van der Waals surface area contributed by atoms with E-state index in [0.29, 0.717) is 54.0 Å². The lowest BCUT2D eigenvalue weighted by atomic mass is 10.0. The number of nitrogens with zero attached hydrogens (tertiary/aromatic N) is 2. The molecule has 2 aromatic rings. The molecule has 0 saturated heterocycles. The summed E-state index contributed by atoms with van der Waals surface area (Å²) in [5, 5.41) is 4.99. The molecule has 9 heteroatoms. The number of aromatic amines is 1. The van der Waals surface area contributed by atoms with Crippen LogP contribution in [0.25, 0.3) is 11.6 Å². The van der Waals surface area contributed by atoms with E-state index in [1.165, 1.54) is 12.1 Å². The van der Waals surface area contributed by atoms with Crippen molar-refractivity contribution in [1.82, 2.24) is 14.8 Å². The fourth-order valence-electron chi connectivity index (χ4n) is 4.50. The predicted octanol–water partition coefficient (Wildman–Crippen LogP) is 2.86. The summed E-state index contributed by atoms with van der Waals surface area (Å²) in [6, 6.07) is 2.62. The third-order valence-electron chi connectivity index (χ3n) is 6.47. The van der Waals surface area contributed by atoms with E-state index in [0.717, 1.165) is 30.9 Å². The third kappa shape index (κ3) is 4.16. The van der Waals surface area contributed by atoms with Crippen LogP contribution in [-0.2, 0) is 16.0 Å². The Hall–Kier alpha value is -3.46. The molecule has 33 heavy (non-hydrogen) atoms. The Morgan fingerprint density at radius 2 is 2.00 bits per heavy atom. The minimum Gasteiger partial charge on any atom is -0.358 e. The minimum atomic E-state index is -0.634. The summed E-state index contributed by atoms with van der Waals surface area (Å²) in [6.45, 7) is 10.1. The first-order chi connectivity index (χ1) is 15.9. The van der Waals surface area contributed by atoms with E-state index in [4.69, 9.17) is 0 Å². The number of likely N-dealkylation sites (N-methyl/N-ethyl adjacent to an activating group) is 1. The van der Waals surface area contributed by atoms with Crippen molar-refractivity contribution in [3.05, 3.63) is 46.0 Å². The molecule has 3 amide bonds. The first-order valence-corrected chi connectivity index (χ1v) is 11.2. The van der Waals surface area contributed by atoms with Crippen LogP contribution in [0, 0.1) is 12.7 Å². The summed E-state index contributed by atoms with van der Waals surface area (Å²) in [5.41, 5.74) is 4.07. The van der Waals surface area contributed by atoms with Gasteiger partial charge in [-0.2, -0.15) is 0 Å². The normalized spacial score (nSPS) is 16.3. The molecule has 0 atom stereocenters. The molecule has 0 fully saturated rings. The Morgan fingerprint density at radius 3 is 2.70 bits per heavy atom. The molecule has 1 aromatic heterocycles. The SMILES string of the molecule is CCN(CC)CCN1CCc2[nH]c(/C=C3/C(=O)Nc4cc(NC=O)c(F)cc43)c(C)c2C1=O. The van der Waals surface area contributed by atoms with Crippen LogP contribution in [0.3, 0.4) is 0 Å². The van der Waals surface area contributed by atoms with Crippen LogP contribution in [0.5, 0.6) is 0 Å². The Labute approximate surface area is 191 Å². The topological polar surface area (TPSA) is 97.5 Å². The first kappa shape index (κ1) is 22.7. The standard InChI is InChI=1S/C24H28FN5O3/c1-4-29(5-2)8-9-30-7-6-18-22(24(30)33)14(3)19(27-18)11-16-15-10-17(25)21(26-13-31)12-20(15)28-23(16)32/h10-13,27H,4-9H2,1-3H3,(H,26,31)(H,28,32)/b16-11+. The molecule has 0 aliphatic carbocycles. The van der Waals surface area contributed by atoms with E-state index in [1.807, 2.05) is 11.8 Å². The zero-order valence-electron chi connectivity index (χ0n) is 19.0. The van der Waals surface area contributed by atoms with Crippen LogP contribution in [-0.4, -0.2) is 65.7 Å². The van der Waals surface area contributed by atoms with Crippen LogP contribution in [0.1, 0.15) is 46.7 Å². The summed E-state index contributed by atoms with van der Waals surface area (Å²) < 4.78 is 14.4. The van der Waals surface area contributed by atoms with Gasteiger partial charge < -0.3 is 25.4 Å². The van der Waals surface area contributed by atoms with Crippen molar-refractivity contribution in [3.8, 4) is 0 Å². The van der Waals surface area contributed by atoms with Crippen LogP contribution >= 0.6 is 0 Å². The van der Waals surface area contributed by atoms with Gasteiger partial charge in [-0.3, -0.25) is 14.4 Å². The number of nitrogens with one attached hydrogen (secondary N) is 3. The van der Waals surface area contributed by atoms with Crippen molar-refractivity contribution in [2.24, 2.45) is 0 Å². The van der Waals surface area contributed by atoms with Crippen LogP contribution in [0.15, 0.2) is 12.1 Å². The van der Waals surface area contributed by atoms with Gasteiger partial charge in [0.05, 0.1) is 22.5 Å². The van der Waals surface area contributed by atoms with Crippen molar-refractivity contribution in [2.75, 3.05) is 43.4 Å². The van der Waals surface area contributed by atoms with Crippen LogP contribution in [0.2, 0.25) is 0 Å². The van der Waals surface area contributed by atoms with Gasteiger partial charge in [0.1, 0.15) is 5.82 Å². The zero-order chi connectivity index (χ0) is 23.7. The minimum absolute atomic E-state index is 0.00583. The molecule has 1 aromatic carbocycles. The van der Waals surface area contributed by atoms with Crippen molar-refractivity contribution in [2.45, 2.75) is 27.2 Å². The Bertz CT molecular complexity index is 1150. The quantitative estimate of drug-likeness (QED) is 0.423. The highest BCUT2D eigenvalue weighted by molar-refractivity contribution is 6.35. The molecule has 0 bridgehead atoms. The fraction of sp³-hybridized carbons (Fsp3) is 0.375. The van der Waals surface area contributed by atoms with Crippen molar-refractivity contribution in [3.63, 3.8) is 0 Å². The highest BCUT2D eigenvalue weighted by Crippen LogP contribution is 2.37. The van der Waals surface area contributed by atoms with Gasteiger partial charge in [0.2, 0.25) is 6.41 Å². The van der Waals surface area contributed by atoms with Crippen molar-refractivity contribution in [1.29, 1.82) is 0 Å². The van der Waals surface area contributed by atoms with Gasteiger partial charge in [-0.15, -0.1) is 0 Å². The number of halogens is 1. The van der Waals surface area contributed by atoms with Gasteiger partial charge in [-0.25, -0.2) is 4.39 Å². The van der Waals surface area contributed by atoms with E-state index >= 15 is 0 Å². The van der Waals surface area contributed by atoms with Gasteiger partial charge in [-0.05, 0) is 43.8 Å². The second-order valence-corrected chi connectivity index (χ2v) is 8.24. The average molecular weight is 454 g/mol.